The summed E-state index contributed by atoms with van der Waals surface area (Å²) in [7, 11) is 0. The quantitative estimate of drug-likeness (QED) is 0.379. The monoisotopic (exact) mass is 426 g/mol. The number of para-hydroxylation sites is 1. The summed E-state index contributed by atoms with van der Waals surface area (Å²) < 4.78 is 5.78. The zero-order valence-electron chi connectivity index (χ0n) is 18.1. The fourth-order valence-corrected chi connectivity index (χ4v) is 3.48. The minimum Gasteiger partial charge on any atom is -0.416 e. The van der Waals surface area contributed by atoms with Crippen molar-refractivity contribution in [2.75, 3.05) is 24.5 Å². The highest BCUT2D eigenvalue weighted by Gasteiger charge is 2.12. The van der Waals surface area contributed by atoms with E-state index in [0.717, 1.165) is 30.6 Å². The van der Waals surface area contributed by atoms with E-state index in [1.165, 1.54) is 5.69 Å². The highest BCUT2D eigenvalue weighted by atomic mass is 16.4. The van der Waals surface area contributed by atoms with Gasteiger partial charge >= 0.3 is 0 Å². The normalized spacial score (nSPS) is 10.7. The topological polar surface area (TPSA) is 71.3 Å². The van der Waals surface area contributed by atoms with Gasteiger partial charge in [-0.05, 0) is 61.9 Å². The largest absolute Gasteiger partial charge is 0.416 e. The molecular formula is C26H26N4O2. The minimum absolute atomic E-state index is 0.0881. The Morgan fingerprint density at radius 3 is 2.06 bits per heavy atom. The van der Waals surface area contributed by atoms with E-state index in [9.17, 15) is 4.79 Å². The number of hydrogen-bond donors (Lipinski definition) is 1. The van der Waals surface area contributed by atoms with Crippen LogP contribution in [0.2, 0.25) is 0 Å². The highest BCUT2D eigenvalue weighted by Crippen LogP contribution is 2.23. The van der Waals surface area contributed by atoms with Crippen molar-refractivity contribution < 1.29 is 9.21 Å². The van der Waals surface area contributed by atoms with Crippen LogP contribution in [0.25, 0.3) is 22.9 Å². The Morgan fingerprint density at radius 1 is 0.844 bits per heavy atom. The number of nitrogens with zero attached hydrogens (tertiary/aromatic N) is 3. The smallest absolute Gasteiger partial charge is 0.251 e. The number of amides is 1. The summed E-state index contributed by atoms with van der Waals surface area (Å²) >= 11 is 0. The van der Waals surface area contributed by atoms with E-state index in [4.69, 9.17) is 4.42 Å². The van der Waals surface area contributed by atoms with Gasteiger partial charge in [-0.3, -0.25) is 4.79 Å². The number of benzene rings is 3. The van der Waals surface area contributed by atoms with Crippen LogP contribution in [0.4, 0.5) is 5.69 Å². The third kappa shape index (κ3) is 5.21. The molecule has 162 valence electrons. The Bertz CT molecular complexity index is 1130. The predicted octanol–water partition coefficient (Wildman–Crippen LogP) is 5.05. The highest BCUT2D eigenvalue weighted by molar-refractivity contribution is 5.94. The first-order valence-electron chi connectivity index (χ1n) is 10.8. The Balaban J connectivity index is 1.29. The van der Waals surface area contributed by atoms with E-state index in [2.05, 4.69) is 39.5 Å². The van der Waals surface area contributed by atoms with Crippen LogP contribution in [0.5, 0.6) is 0 Å². The third-order valence-electron chi connectivity index (χ3n) is 5.23. The van der Waals surface area contributed by atoms with Crippen molar-refractivity contribution in [3.05, 3.63) is 90.5 Å². The van der Waals surface area contributed by atoms with E-state index in [1.54, 1.807) is 12.1 Å². The van der Waals surface area contributed by atoms with Crippen LogP contribution in [0.3, 0.4) is 0 Å². The molecular weight excluding hydrogens is 400 g/mol. The zero-order valence-corrected chi connectivity index (χ0v) is 18.1. The number of carbonyl (C=O) groups excluding carboxylic acids is 1. The van der Waals surface area contributed by atoms with Crippen molar-refractivity contribution in [2.24, 2.45) is 0 Å². The first-order valence-corrected chi connectivity index (χ1v) is 10.8. The molecule has 1 aromatic heterocycles. The van der Waals surface area contributed by atoms with Gasteiger partial charge in [-0.2, -0.15) is 0 Å². The van der Waals surface area contributed by atoms with Crippen molar-refractivity contribution in [1.82, 2.24) is 15.5 Å². The average molecular weight is 427 g/mol. The Labute approximate surface area is 187 Å². The lowest BCUT2D eigenvalue weighted by atomic mass is 10.1. The van der Waals surface area contributed by atoms with Gasteiger partial charge in [0.2, 0.25) is 11.8 Å². The Morgan fingerprint density at radius 2 is 1.44 bits per heavy atom. The molecule has 0 aliphatic heterocycles. The summed E-state index contributed by atoms with van der Waals surface area (Å²) in [4.78, 5) is 14.8. The number of rotatable bonds is 9. The van der Waals surface area contributed by atoms with Gasteiger partial charge in [0.1, 0.15) is 0 Å². The van der Waals surface area contributed by atoms with Gasteiger partial charge in [-0.25, -0.2) is 0 Å². The van der Waals surface area contributed by atoms with E-state index < -0.39 is 0 Å². The van der Waals surface area contributed by atoms with Crippen molar-refractivity contribution in [2.45, 2.75) is 13.3 Å². The van der Waals surface area contributed by atoms with Crippen LogP contribution in [0.15, 0.2) is 89.3 Å². The molecule has 0 radical (unpaired) electrons. The number of aromatic nitrogens is 2. The Kier molecular flexibility index (Phi) is 6.92. The summed E-state index contributed by atoms with van der Waals surface area (Å²) in [6.07, 6.45) is 0.872. The molecule has 6 heteroatoms. The minimum atomic E-state index is -0.0881. The van der Waals surface area contributed by atoms with Crippen LogP contribution in [-0.4, -0.2) is 35.7 Å². The van der Waals surface area contributed by atoms with Crippen LogP contribution >= 0.6 is 0 Å². The van der Waals surface area contributed by atoms with Crippen LogP contribution in [0, 0.1) is 0 Å². The fourth-order valence-electron chi connectivity index (χ4n) is 3.48. The van der Waals surface area contributed by atoms with Gasteiger partial charge in [0.15, 0.2) is 0 Å². The van der Waals surface area contributed by atoms with Crippen molar-refractivity contribution in [3.8, 4) is 22.9 Å². The third-order valence-corrected chi connectivity index (χ3v) is 5.23. The van der Waals surface area contributed by atoms with E-state index in [0.29, 0.717) is 23.9 Å². The van der Waals surface area contributed by atoms with E-state index in [1.807, 2.05) is 60.7 Å². The fraction of sp³-hybridized carbons (Fsp3) is 0.192. The van der Waals surface area contributed by atoms with Crippen LogP contribution in [0.1, 0.15) is 23.7 Å². The van der Waals surface area contributed by atoms with Crippen LogP contribution < -0.4 is 10.2 Å². The molecule has 0 atom stereocenters. The van der Waals surface area contributed by atoms with Gasteiger partial charge in [0.05, 0.1) is 0 Å². The average Bonchev–Trinajstić information content (AvgIpc) is 3.36. The second-order valence-corrected chi connectivity index (χ2v) is 7.38. The lowest BCUT2D eigenvalue weighted by molar-refractivity contribution is 0.0953. The number of hydrogen-bond acceptors (Lipinski definition) is 5. The van der Waals surface area contributed by atoms with Crippen LogP contribution in [-0.2, 0) is 0 Å². The van der Waals surface area contributed by atoms with Crippen molar-refractivity contribution >= 4 is 11.6 Å². The first-order chi connectivity index (χ1) is 15.7. The van der Waals surface area contributed by atoms with Gasteiger partial charge in [0, 0.05) is 42.0 Å². The SMILES string of the molecule is CCN(CCCNC(=O)c1ccc(-c2nnc(-c3ccccc3)o2)cc1)c1ccccc1. The first kappa shape index (κ1) is 21.3. The van der Waals surface area contributed by atoms with Gasteiger partial charge in [-0.1, -0.05) is 36.4 Å². The van der Waals surface area contributed by atoms with Crippen molar-refractivity contribution in [1.29, 1.82) is 0 Å². The van der Waals surface area contributed by atoms with Gasteiger partial charge in [-0.15, -0.1) is 10.2 Å². The molecule has 0 fully saturated rings. The zero-order chi connectivity index (χ0) is 22.2. The molecule has 0 aliphatic carbocycles. The molecule has 0 saturated carbocycles. The maximum Gasteiger partial charge on any atom is 0.251 e. The molecule has 6 nitrogen and oxygen atoms in total. The molecule has 0 unspecified atom stereocenters. The second-order valence-electron chi connectivity index (χ2n) is 7.38. The molecule has 1 heterocycles. The second kappa shape index (κ2) is 10.4. The molecule has 4 rings (SSSR count). The lowest BCUT2D eigenvalue weighted by Gasteiger charge is -2.23. The summed E-state index contributed by atoms with van der Waals surface area (Å²) in [5, 5.41) is 11.2. The Hall–Kier alpha value is -3.93. The number of carbonyl (C=O) groups is 1. The molecule has 4 aromatic rings. The van der Waals surface area contributed by atoms with E-state index >= 15 is 0 Å². The maximum atomic E-state index is 12.5. The molecule has 1 amide bonds. The summed E-state index contributed by atoms with van der Waals surface area (Å²) in [5.41, 5.74) is 3.45. The number of nitrogens with one attached hydrogen (secondary N) is 1. The molecule has 0 bridgehead atoms. The van der Waals surface area contributed by atoms with Gasteiger partial charge < -0.3 is 14.6 Å². The molecule has 32 heavy (non-hydrogen) atoms. The van der Waals surface area contributed by atoms with Crippen molar-refractivity contribution in [3.63, 3.8) is 0 Å². The molecule has 0 spiro atoms. The predicted molar refractivity (Wildman–Crippen MR) is 126 cm³/mol. The maximum absolute atomic E-state index is 12.5. The molecule has 3 aromatic carbocycles. The lowest BCUT2D eigenvalue weighted by Crippen LogP contribution is -2.29. The summed E-state index contributed by atoms with van der Waals surface area (Å²) in [6.45, 7) is 4.58. The molecule has 0 aliphatic rings. The van der Waals surface area contributed by atoms with Gasteiger partial charge in [0.25, 0.3) is 5.91 Å². The van der Waals surface area contributed by atoms with E-state index in [-0.39, 0.29) is 5.91 Å². The summed E-state index contributed by atoms with van der Waals surface area (Å²) in [5.74, 6) is 0.810. The number of anilines is 1. The molecule has 0 saturated heterocycles. The summed E-state index contributed by atoms with van der Waals surface area (Å²) in [6, 6.07) is 27.1. The molecule has 1 N–H and O–H groups in total. The standard InChI is InChI=1S/C26H26N4O2/c1-2-30(23-12-7-4-8-13-23)19-9-18-27-24(31)20-14-16-22(17-15-20)26-29-28-25(32-26)21-10-5-3-6-11-21/h3-8,10-17H,2,9,18-19H2,1H3,(H,27,31).